The smallest absolute Gasteiger partial charge is 0.322 e. The van der Waals surface area contributed by atoms with Crippen LogP contribution >= 0.6 is 11.6 Å². The number of benzene rings is 3. The molecule has 4 rings (SSSR count). The summed E-state index contributed by atoms with van der Waals surface area (Å²) in [6, 6.07) is 20.2. The number of aromatic nitrogens is 2. The van der Waals surface area contributed by atoms with Crippen molar-refractivity contribution in [2.75, 3.05) is 5.32 Å². The molecule has 0 unspecified atom stereocenters. The van der Waals surface area contributed by atoms with Gasteiger partial charge in [-0.25, -0.2) is 4.68 Å². The Balaban J connectivity index is 1.65. The zero-order valence-corrected chi connectivity index (χ0v) is 17.6. The zero-order valence-electron chi connectivity index (χ0n) is 16.8. The first-order valence-corrected chi connectivity index (χ1v) is 10.0. The van der Waals surface area contributed by atoms with E-state index in [0.717, 1.165) is 6.20 Å². The second-order valence-electron chi connectivity index (χ2n) is 7.03. The fraction of sp³-hybridized carbons (Fsp3) is 0.0417. The molecule has 0 fully saturated rings. The molecule has 0 aliphatic heterocycles. The van der Waals surface area contributed by atoms with Gasteiger partial charge in [-0.3, -0.25) is 9.59 Å². The number of ketones is 1. The summed E-state index contributed by atoms with van der Waals surface area (Å²) in [4.78, 5) is 25.4. The highest BCUT2D eigenvalue weighted by Gasteiger charge is 2.40. The first kappa shape index (κ1) is 22.3. The van der Waals surface area contributed by atoms with Crippen LogP contribution in [0.4, 0.5) is 18.9 Å². The molecule has 1 N–H and O–H groups in total. The lowest BCUT2D eigenvalue weighted by atomic mass is 10.0. The Morgan fingerprint density at radius 1 is 0.879 bits per heavy atom. The van der Waals surface area contributed by atoms with Gasteiger partial charge in [-0.2, -0.15) is 18.3 Å². The predicted molar refractivity (Wildman–Crippen MR) is 118 cm³/mol. The third kappa shape index (κ3) is 4.80. The van der Waals surface area contributed by atoms with Gasteiger partial charge in [0.1, 0.15) is 0 Å². The summed E-state index contributed by atoms with van der Waals surface area (Å²) < 4.78 is 42.2. The highest BCUT2D eigenvalue weighted by molar-refractivity contribution is 6.30. The topological polar surface area (TPSA) is 64.0 Å². The number of alkyl halides is 3. The summed E-state index contributed by atoms with van der Waals surface area (Å²) in [5, 5.41) is 6.41. The van der Waals surface area contributed by atoms with Crippen molar-refractivity contribution in [1.82, 2.24) is 9.78 Å². The number of anilines is 1. The molecular weight excluding hydrogens is 455 g/mol. The maximum Gasteiger partial charge on any atom is 0.434 e. The van der Waals surface area contributed by atoms with Crippen molar-refractivity contribution >= 4 is 29.0 Å². The van der Waals surface area contributed by atoms with E-state index < -0.39 is 23.3 Å². The van der Waals surface area contributed by atoms with E-state index in [0.29, 0.717) is 10.2 Å². The number of hydrogen-bond donors (Lipinski definition) is 1. The largest absolute Gasteiger partial charge is 0.434 e. The number of carbonyl (C=O) groups is 2. The Kier molecular flexibility index (Phi) is 6.02. The number of nitrogens with one attached hydrogen (secondary N) is 1. The molecule has 3 aromatic carbocycles. The van der Waals surface area contributed by atoms with E-state index in [1.807, 2.05) is 0 Å². The molecule has 4 aromatic rings. The van der Waals surface area contributed by atoms with E-state index in [4.69, 9.17) is 11.6 Å². The third-order valence-electron chi connectivity index (χ3n) is 4.75. The summed E-state index contributed by atoms with van der Waals surface area (Å²) >= 11 is 5.89. The van der Waals surface area contributed by atoms with Gasteiger partial charge in [0.15, 0.2) is 11.5 Å². The summed E-state index contributed by atoms with van der Waals surface area (Å²) in [6.07, 6.45) is -4.02. The molecule has 0 atom stereocenters. The van der Waals surface area contributed by atoms with Gasteiger partial charge in [0.05, 0.1) is 17.4 Å². The summed E-state index contributed by atoms with van der Waals surface area (Å²) in [6.45, 7) is 0. The lowest BCUT2D eigenvalue weighted by molar-refractivity contribution is -0.143. The van der Waals surface area contributed by atoms with Gasteiger partial charge >= 0.3 is 6.18 Å². The summed E-state index contributed by atoms with van der Waals surface area (Å²) in [5.41, 5.74) is -0.941. The Hall–Kier alpha value is -3.91. The Morgan fingerprint density at radius 3 is 2.27 bits per heavy atom. The SMILES string of the molecule is O=C(c1ccccc1)c1cccc(NC(=O)c2cnn(-c3cccc(Cl)c3)c2C(F)(F)F)c1. The van der Waals surface area contributed by atoms with Crippen LogP contribution in [0, 0.1) is 0 Å². The maximum absolute atomic E-state index is 13.9. The van der Waals surface area contributed by atoms with Crippen LogP contribution in [0.5, 0.6) is 0 Å². The van der Waals surface area contributed by atoms with Crippen LogP contribution in [0.2, 0.25) is 5.02 Å². The fourth-order valence-electron chi connectivity index (χ4n) is 3.28. The van der Waals surface area contributed by atoms with E-state index in [2.05, 4.69) is 10.4 Å². The van der Waals surface area contributed by atoms with Crippen LogP contribution in [0.3, 0.4) is 0 Å². The Morgan fingerprint density at radius 2 is 1.58 bits per heavy atom. The number of amides is 1. The highest BCUT2D eigenvalue weighted by atomic mass is 35.5. The van der Waals surface area contributed by atoms with Crippen LogP contribution in [0.25, 0.3) is 5.69 Å². The molecule has 166 valence electrons. The second-order valence-corrected chi connectivity index (χ2v) is 7.46. The molecule has 9 heteroatoms. The molecule has 33 heavy (non-hydrogen) atoms. The molecule has 1 heterocycles. The van der Waals surface area contributed by atoms with Crippen molar-refractivity contribution in [3.63, 3.8) is 0 Å². The fourth-order valence-corrected chi connectivity index (χ4v) is 3.47. The van der Waals surface area contributed by atoms with Gasteiger partial charge in [-0.15, -0.1) is 0 Å². The summed E-state index contributed by atoms with van der Waals surface area (Å²) in [7, 11) is 0. The minimum Gasteiger partial charge on any atom is -0.322 e. The maximum atomic E-state index is 13.9. The van der Waals surface area contributed by atoms with Crippen LogP contribution in [0.1, 0.15) is 32.0 Å². The van der Waals surface area contributed by atoms with Crippen molar-refractivity contribution in [1.29, 1.82) is 0 Å². The molecule has 5 nitrogen and oxygen atoms in total. The van der Waals surface area contributed by atoms with Gasteiger partial charge < -0.3 is 5.32 Å². The third-order valence-corrected chi connectivity index (χ3v) is 4.99. The standard InChI is InChI=1S/C24H15ClF3N3O2/c25-17-9-5-11-19(13-17)31-22(24(26,27)28)20(14-29-31)23(33)30-18-10-4-8-16(12-18)21(32)15-6-2-1-3-7-15/h1-14H,(H,30,33). The molecular formula is C24H15ClF3N3O2. The highest BCUT2D eigenvalue weighted by Crippen LogP contribution is 2.34. The minimum atomic E-state index is -4.86. The number of carbonyl (C=O) groups excluding carboxylic acids is 2. The number of hydrogen-bond acceptors (Lipinski definition) is 3. The van der Waals surface area contributed by atoms with E-state index in [1.165, 1.54) is 42.5 Å². The number of nitrogens with zero attached hydrogens (tertiary/aromatic N) is 2. The van der Waals surface area contributed by atoms with Crippen molar-refractivity contribution in [3.8, 4) is 5.69 Å². The van der Waals surface area contributed by atoms with E-state index >= 15 is 0 Å². The molecule has 1 aromatic heterocycles. The average Bonchev–Trinajstić information content (AvgIpc) is 3.26. The molecule has 0 saturated heterocycles. The minimum absolute atomic E-state index is 0.0596. The molecule has 1 amide bonds. The first-order valence-electron chi connectivity index (χ1n) is 9.66. The van der Waals surface area contributed by atoms with E-state index in [-0.39, 0.29) is 27.7 Å². The Bertz CT molecular complexity index is 1330. The van der Waals surface area contributed by atoms with Crippen LogP contribution in [-0.4, -0.2) is 21.5 Å². The van der Waals surface area contributed by atoms with Gasteiger partial charge in [0, 0.05) is 21.8 Å². The average molecular weight is 470 g/mol. The first-order chi connectivity index (χ1) is 15.7. The Labute approximate surface area is 191 Å². The van der Waals surface area contributed by atoms with Gasteiger partial charge in [0.25, 0.3) is 5.91 Å². The zero-order chi connectivity index (χ0) is 23.6. The molecule has 0 bridgehead atoms. The second kappa shape index (κ2) is 8.91. The van der Waals surface area contributed by atoms with Crippen LogP contribution in [0.15, 0.2) is 85.1 Å². The lowest BCUT2D eigenvalue weighted by Gasteiger charge is -2.13. The van der Waals surface area contributed by atoms with Crippen molar-refractivity contribution in [3.05, 3.63) is 112 Å². The van der Waals surface area contributed by atoms with E-state index in [1.54, 1.807) is 36.4 Å². The van der Waals surface area contributed by atoms with Crippen molar-refractivity contribution in [2.24, 2.45) is 0 Å². The normalized spacial score (nSPS) is 11.3. The lowest BCUT2D eigenvalue weighted by Crippen LogP contribution is -2.20. The predicted octanol–water partition coefficient (Wildman–Crippen LogP) is 6.03. The molecule has 0 aliphatic carbocycles. The van der Waals surface area contributed by atoms with Crippen molar-refractivity contribution in [2.45, 2.75) is 6.18 Å². The van der Waals surface area contributed by atoms with Gasteiger partial charge in [-0.1, -0.05) is 60.1 Å². The molecule has 0 saturated carbocycles. The van der Waals surface area contributed by atoms with Gasteiger partial charge in [-0.05, 0) is 30.3 Å². The quantitative estimate of drug-likeness (QED) is 0.363. The molecule has 0 spiro atoms. The summed E-state index contributed by atoms with van der Waals surface area (Å²) in [5.74, 6) is -1.30. The number of rotatable bonds is 5. The molecule has 0 radical (unpaired) electrons. The van der Waals surface area contributed by atoms with Crippen LogP contribution < -0.4 is 5.32 Å². The van der Waals surface area contributed by atoms with Crippen LogP contribution in [-0.2, 0) is 6.18 Å². The molecule has 0 aliphatic rings. The van der Waals surface area contributed by atoms with E-state index in [9.17, 15) is 22.8 Å². The van der Waals surface area contributed by atoms with Gasteiger partial charge in [0.2, 0.25) is 0 Å². The number of halogens is 4. The monoisotopic (exact) mass is 469 g/mol. The van der Waals surface area contributed by atoms with Crippen molar-refractivity contribution < 1.29 is 22.8 Å².